The predicted molar refractivity (Wildman–Crippen MR) is 116 cm³/mol. The van der Waals surface area contributed by atoms with Crippen molar-refractivity contribution in [3.63, 3.8) is 0 Å². The molecular formula is C23H20ClNO5. The first-order valence-electron chi connectivity index (χ1n) is 9.10. The number of aliphatic carboxylic acids is 1. The van der Waals surface area contributed by atoms with Gasteiger partial charge in [0, 0.05) is 16.8 Å². The van der Waals surface area contributed by atoms with Crippen molar-refractivity contribution in [1.82, 2.24) is 0 Å². The van der Waals surface area contributed by atoms with Gasteiger partial charge in [0.15, 0.2) is 17.6 Å². The Morgan fingerprint density at radius 1 is 1.07 bits per heavy atom. The molecule has 0 saturated heterocycles. The Bertz CT molecular complexity index is 1050. The summed E-state index contributed by atoms with van der Waals surface area (Å²) in [6.45, 7) is 1.45. The van der Waals surface area contributed by atoms with Crippen LogP contribution in [0.5, 0.6) is 23.0 Å². The van der Waals surface area contributed by atoms with Crippen LogP contribution >= 0.6 is 11.6 Å². The predicted octanol–water partition coefficient (Wildman–Crippen LogP) is 5.74. The van der Waals surface area contributed by atoms with E-state index in [1.807, 2.05) is 12.1 Å². The molecule has 0 fully saturated rings. The fourth-order valence-electron chi connectivity index (χ4n) is 2.56. The second kappa shape index (κ2) is 9.80. The maximum atomic E-state index is 11.2. The summed E-state index contributed by atoms with van der Waals surface area (Å²) in [7, 11) is 1.49. The van der Waals surface area contributed by atoms with Gasteiger partial charge in [-0.2, -0.15) is 0 Å². The summed E-state index contributed by atoms with van der Waals surface area (Å²) in [6, 6.07) is 19.6. The van der Waals surface area contributed by atoms with Crippen molar-refractivity contribution in [3.8, 4) is 23.0 Å². The maximum Gasteiger partial charge on any atom is 0.344 e. The van der Waals surface area contributed by atoms with Crippen molar-refractivity contribution >= 4 is 29.5 Å². The first kappa shape index (κ1) is 21.2. The molecule has 154 valence electrons. The van der Waals surface area contributed by atoms with Crippen molar-refractivity contribution < 1.29 is 24.1 Å². The highest BCUT2D eigenvalue weighted by atomic mass is 35.5. The lowest BCUT2D eigenvalue weighted by molar-refractivity contribution is -0.144. The number of carboxylic acids is 1. The number of carboxylic acid groups (broad SMARTS) is 1. The summed E-state index contributed by atoms with van der Waals surface area (Å²) in [5, 5.41) is 9.73. The molecule has 0 bridgehead atoms. The average Bonchev–Trinajstić information content (AvgIpc) is 2.73. The molecule has 0 aliphatic carbocycles. The van der Waals surface area contributed by atoms with Crippen LogP contribution in [-0.4, -0.2) is 30.5 Å². The third kappa shape index (κ3) is 5.52. The summed E-state index contributed by atoms with van der Waals surface area (Å²) in [5.41, 5.74) is 1.29. The largest absolute Gasteiger partial charge is 0.493 e. The van der Waals surface area contributed by atoms with E-state index < -0.39 is 12.1 Å². The summed E-state index contributed by atoms with van der Waals surface area (Å²) < 4.78 is 16.6. The standard InChI is InChI=1S/C23H20ClNO5/c1-15(23(26)27)29-22-16(5-3-8-21(22)28-2)14-25-18-9-11-19(12-10-18)30-20-7-4-6-17(24)13-20/h3-15H,1-2H3,(H,26,27)/t15-/m1/s1. The molecule has 6 nitrogen and oxygen atoms in total. The number of para-hydroxylation sites is 1. The molecule has 3 aromatic rings. The smallest absolute Gasteiger partial charge is 0.344 e. The first-order valence-corrected chi connectivity index (χ1v) is 9.48. The Balaban J connectivity index is 1.77. The Hall–Kier alpha value is -3.51. The minimum atomic E-state index is -1.07. The molecule has 0 saturated carbocycles. The van der Waals surface area contributed by atoms with Gasteiger partial charge in [0.25, 0.3) is 0 Å². The van der Waals surface area contributed by atoms with Gasteiger partial charge in [-0.15, -0.1) is 0 Å². The third-order valence-corrected chi connectivity index (χ3v) is 4.33. The molecule has 7 heteroatoms. The first-order chi connectivity index (χ1) is 14.5. The van der Waals surface area contributed by atoms with E-state index in [1.54, 1.807) is 60.8 Å². The topological polar surface area (TPSA) is 77.3 Å². The minimum absolute atomic E-state index is 0.319. The molecule has 0 aliphatic rings. The van der Waals surface area contributed by atoms with E-state index in [0.717, 1.165) is 0 Å². The van der Waals surface area contributed by atoms with E-state index in [9.17, 15) is 4.79 Å². The van der Waals surface area contributed by atoms with Crippen molar-refractivity contribution in [2.24, 2.45) is 4.99 Å². The number of carbonyl (C=O) groups is 1. The van der Waals surface area contributed by atoms with Gasteiger partial charge in [0.1, 0.15) is 11.5 Å². The fraction of sp³-hybridized carbons (Fsp3) is 0.130. The number of methoxy groups -OCH3 is 1. The van der Waals surface area contributed by atoms with Crippen molar-refractivity contribution in [3.05, 3.63) is 77.3 Å². The summed E-state index contributed by atoms with van der Waals surface area (Å²) >= 11 is 5.97. The van der Waals surface area contributed by atoms with Crippen LogP contribution in [0.15, 0.2) is 71.7 Å². The monoisotopic (exact) mass is 425 g/mol. The number of hydrogen-bond donors (Lipinski definition) is 1. The number of aliphatic imine (C=N–C) groups is 1. The summed E-state index contributed by atoms with van der Waals surface area (Å²) in [6.07, 6.45) is 0.565. The van der Waals surface area contributed by atoms with E-state index in [0.29, 0.717) is 39.3 Å². The lowest BCUT2D eigenvalue weighted by Gasteiger charge is -2.15. The Kier molecular flexibility index (Phi) is 6.93. The normalized spacial score (nSPS) is 11.8. The van der Waals surface area contributed by atoms with Crippen LogP contribution in [0.25, 0.3) is 0 Å². The highest BCUT2D eigenvalue weighted by Gasteiger charge is 2.17. The van der Waals surface area contributed by atoms with Gasteiger partial charge in [-0.1, -0.05) is 23.7 Å². The van der Waals surface area contributed by atoms with Crippen molar-refractivity contribution in [2.45, 2.75) is 13.0 Å². The molecule has 3 rings (SSSR count). The molecule has 0 heterocycles. The number of hydrogen-bond acceptors (Lipinski definition) is 5. The van der Waals surface area contributed by atoms with Gasteiger partial charge < -0.3 is 19.3 Å². The van der Waals surface area contributed by atoms with Gasteiger partial charge in [-0.3, -0.25) is 4.99 Å². The van der Waals surface area contributed by atoms with E-state index in [2.05, 4.69) is 4.99 Å². The number of rotatable bonds is 8. The zero-order chi connectivity index (χ0) is 21.5. The Labute approximate surface area is 179 Å². The van der Waals surface area contributed by atoms with Crippen LogP contribution in [0.4, 0.5) is 5.69 Å². The van der Waals surface area contributed by atoms with Crippen molar-refractivity contribution in [2.75, 3.05) is 7.11 Å². The van der Waals surface area contributed by atoms with Gasteiger partial charge in [0.05, 0.1) is 12.8 Å². The lowest BCUT2D eigenvalue weighted by Crippen LogP contribution is -2.23. The maximum absolute atomic E-state index is 11.2. The molecular weight excluding hydrogens is 406 g/mol. The van der Waals surface area contributed by atoms with Gasteiger partial charge >= 0.3 is 5.97 Å². The summed E-state index contributed by atoms with van der Waals surface area (Å²) in [4.78, 5) is 15.6. The Morgan fingerprint density at radius 2 is 1.80 bits per heavy atom. The van der Waals surface area contributed by atoms with Crippen LogP contribution in [0.2, 0.25) is 5.02 Å². The molecule has 0 spiro atoms. The van der Waals surface area contributed by atoms with Crippen molar-refractivity contribution in [1.29, 1.82) is 0 Å². The highest BCUT2D eigenvalue weighted by Crippen LogP contribution is 2.32. The second-order valence-corrected chi connectivity index (χ2v) is 6.72. The number of halogens is 1. The van der Waals surface area contributed by atoms with Crippen LogP contribution in [0, 0.1) is 0 Å². The molecule has 1 atom stereocenters. The second-order valence-electron chi connectivity index (χ2n) is 6.29. The molecule has 30 heavy (non-hydrogen) atoms. The van der Waals surface area contributed by atoms with Gasteiger partial charge in [-0.25, -0.2) is 4.79 Å². The van der Waals surface area contributed by atoms with Gasteiger partial charge in [-0.05, 0) is 61.5 Å². The third-order valence-electron chi connectivity index (χ3n) is 4.09. The van der Waals surface area contributed by atoms with E-state index in [-0.39, 0.29) is 0 Å². The van der Waals surface area contributed by atoms with Gasteiger partial charge in [0.2, 0.25) is 0 Å². The molecule has 0 amide bonds. The SMILES string of the molecule is COc1cccc(C=Nc2ccc(Oc3cccc(Cl)c3)cc2)c1O[C@H](C)C(=O)O. The number of nitrogens with zero attached hydrogens (tertiary/aromatic N) is 1. The zero-order valence-electron chi connectivity index (χ0n) is 16.4. The molecule has 0 radical (unpaired) electrons. The zero-order valence-corrected chi connectivity index (χ0v) is 17.2. The van der Waals surface area contributed by atoms with E-state index in [4.69, 9.17) is 30.9 Å². The van der Waals surface area contributed by atoms with Crippen LogP contribution < -0.4 is 14.2 Å². The molecule has 3 aromatic carbocycles. The number of ether oxygens (including phenoxy) is 3. The molecule has 0 aliphatic heterocycles. The van der Waals surface area contributed by atoms with Crippen LogP contribution in [0.1, 0.15) is 12.5 Å². The molecule has 0 unspecified atom stereocenters. The van der Waals surface area contributed by atoms with Crippen LogP contribution in [-0.2, 0) is 4.79 Å². The molecule has 1 N–H and O–H groups in total. The quantitative estimate of drug-likeness (QED) is 0.465. The highest BCUT2D eigenvalue weighted by molar-refractivity contribution is 6.30. The van der Waals surface area contributed by atoms with Crippen LogP contribution in [0.3, 0.4) is 0 Å². The number of benzene rings is 3. The van der Waals surface area contributed by atoms with E-state index in [1.165, 1.54) is 14.0 Å². The lowest BCUT2D eigenvalue weighted by atomic mass is 10.2. The van der Waals surface area contributed by atoms with E-state index >= 15 is 0 Å². The molecule has 0 aromatic heterocycles. The minimum Gasteiger partial charge on any atom is -0.493 e. The summed E-state index contributed by atoms with van der Waals surface area (Å²) in [5.74, 6) is 0.970. The Morgan fingerprint density at radius 3 is 2.47 bits per heavy atom. The fourth-order valence-corrected chi connectivity index (χ4v) is 2.74. The average molecular weight is 426 g/mol.